The van der Waals surface area contributed by atoms with Crippen LogP contribution in [-0.4, -0.2) is 49.4 Å². The lowest BCUT2D eigenvalue weighted by Gasteiger charge is -2.31. The third-order valence-corrected chi connectivity index (χ3v) is 8.81. The maximum atomic E-state index is 11.3. The number of hydrogen-bond acceptors (Lipinski definition) is 4. The maximum Gasteiger partial charge on any atom is 0.333 e. The number of ether oxygens (including phenoxy) is 2. The maximum absolute atomic E-state index is 11.3. The third kappa shape index (κ3) is 7.96. The Morgan fingerprint density at radius 3 is 2.00 bits per heavy atom. The molecule has 1 aliphatic rings. The number of carboxylic acids is 1. The molecular weight excluding hydrogens is 546 g/mol. The summed E-state index contributed by atoms with van der Waals surface area (Å²) in [5.74, 6) is -0.178. The molecule has 2 unspecified atom stereocenters. The Hall–Kier alpha value is -3.93. The van der Waals surface area contributed by atoms with Gasteiger partial charge < -0.3 is 14.6 Å². The second-order valence-corrected chi connectivity index (χ2v) is 11.9. The van der Waals surface area contributed by atoms with E-state index in [0.717, 1.165) is 56.4 Å². The number of carboxylic acid groups (broad SMARTS) is 1. The van der Waals surface area contributed by atoms with Gasteiger partial charge in [-0.05, 0) is 95.8 Å². The topological polar surface area (TPSA) is 59.0 Å². The van der Waals surface area contributed by atoms with Gasteiger partial charge in [-0.3, -0.25) is 4.90 Å². The number of fused-ring (bicyclic) bond motifs is 2. The number of aryl methyl sites for hydroxylation is 5. The number of benzene rings is 4. The number of likely N-dealkylation sites (N-methyl/N-ethyl adjacent to an activating group) is 1. The highest BCUT2D eigenvalue weighted by Gasteiger charge is 2.27. The van der Waals surface area contributed by atoms with Crippen molar-refractivity contribution in [3.05, 3.63) is 136 Å². The van der Waals surface area contributed by atoms with Crippen molar-refractivity contribution < 1.29 is 19.4 Å². The number of methoxy groups -OCH3 is 1. The monoisotopic (exact) mass is 591 g/mol. The highest BCUT2D eigenvalue weighted by atomic mass is 16.5. The molecule has 0 heterocycles. The molecule has 1 N–H and O–H groups in total. The van der Waals surface area contributed by atoms with Crippen molar-refractivity contribution in [1.29, 1.82) is 0 Å². The van der Waals surface area contributed by atoms with Crippen molar-refractivity contribution in [2.45, 2.75) is 64.0 Å². The number of aliphatic carboxylic acids is 1. The molecule has 0 bridgehead atoms. The van der Waals surface area contributed by atoms with Gasteiger partial charge in [-0.1, -0.05) is 92.2 Å². The van der Waals surface area contributed by atoms with Gasteiger partial charge in [0.1, 0.15) is 12.4 Å². The molecule has 230 valence electrons. The molecule has 0 aromatic heterocycles. The Morgan fingerprint density at radius 2 is 1.41 bits per heavy atom. The van der Waals surface area contributed by atoms with Crippen LogP contribution in [0.1, 0.15) is 63.9 Å². The largest absolute Gasteiger partial charge is 0.492 e. The van der Waals surface area contributed by atoms with E-state index in [1.165, 1.54) is 46.1 Å². The molecule has 44 heavy (non-hydrogen) atoms. The van der Waals surface area contributed by atoms with Gasteiger partial charge in [0.2, 0.25) is 0 Å². The van der Waals surface area contributed by atoms with Gasteiger partial charge in [-0.15, -0.1) is 0 Å². The lowest BCUT2D eigenvalue weighted by atomic mass is 9.90. The summed E-state index contributed by atoms with van der Waals surface area (Å²) in [6.45, 7) is 3.56. The molecule has 0 radical (unpaired) electrons. The number of nitrogens with zero attached hydrogens (tertiary/aromatic N) is 1. The van der Waals surface area contributed by atoms with Crippen LogP contribution in [0, 0.1) is 0 Å². The van der Waals surface area contributed by atoms with Crippen molar-refractivity contribution in [2.24, 2.45) is 0 Å². The smallest absolute Gasteiger partial charge is 0.333 e. The van der Waals surface area contributed by atoms with E-state index in [9.17, 15) is 9.90 Å². The molecule has 2 atom stereocenters. The average molecular weight is 592 g/mol. The Balaban J connectivity index is 1.31. The van der Waals surface area contributed by atoms with E-state index in [4.69, 9.17) is 9.47 Å². The van der Waals surface area contributed by atoms with Crippen LogP contribution in [0.3, 0.4) is 0 Å². The fourth-order valence-corrected chi connectivity index (χ4v) is 6.37. The summed E-state index contributed by atoms with van der Waals surface area (Å²) < 4.78 is 11.2. The Kier molecular flexibility index (Phi) is 10.9. The first kappa shape index (κ1) is 31.5. The van der Waals surface area contributed by atoms with E-state index in [2.05, 4.69) is 85.6 Å². The van der Waals surface area contributed by atoms with Crippen molar-refractivity contribution >= 4 is 5.97 Å². The van der Waals surface area contributed by atoms with Gasteiger partial charge in [0.25, 0.3) is 0 Å². The van der Waals surface area contributed by atoms with Gasteiger partial charge in [0.15, 0.2) is 6.10 Å². The number of rotatable bonds is 14. The lowest BCUT2D eigenvalue weighted by Crippen LogP contribution is -2.30. The Labute approximate surface area is 262 Å². The van der Waals surface area contributed by atoms with E-state index in [1.54, 1.807) is 0 Å². The van der Waals surface area contributed by atoms with E-state index in [1.807, 2.05) is 24.3 Å². The Bertz CT molecular complexity index is 1520. The first-order valence-corrected chi connectivity index (χ1v) is 15.9. The predicted octanol–water partition coefficient (Wildman–Crippen LogP) is 7.27. The zero-order chi connectivity index (χ0) is 30.9. The van der Waals surface area contributed by atoms with Gasteiger partial charge in [-0.25, -0.2) is 4.79 Å². The third-order valence-electron chi connectivity index (χ3n) is 8.81. The zero-order valence-corrected chi connectivity index (χ0v) is 26.3. The molecule has 5 nitrogen and oxygen atoms in total. The van der Waals surface area contributed by atoms with Crippen LogP contribution in [0.25, 0.3) is 0 Å². The standard InChI is InChI=1S/C39H45NO4/c1-4-8-29-15-21-35-32(25-29)17-18-33-26-30(12-11-28-9-6-5-7-10-28)16-22-36(33)38(35)40(2)23-24-44-34-19-13-31(14-20-34)27-37(43-3)39(41)42/h5-7,9-10,13-16,19-22,25-26,37-38H,4,8,11-12,17-18,23-24,27H2,1-3H3,(H,41,42). The van der Waals surface area contributed by atoms with Gasteiger partial charge in [0.05, 0.1) is 6.04 Å². The van der Waals surface area contributed by atoms with Crippen LogP contribution in [0.2, 0.25) is 0 Å². The van der Waals surface area contributed by atoms with Crippen molar-refractivity contribution in [3.8, 4) is 5.75 Å². The molecule has 0 aliphatic heterocycles. The summed E-state index contributed by atoms with van der Waals surface area (Å²) in [5.41, 5.74) is 10.8. The summed E-state index contributed by atoms with van der Waals surface area (Å²) in [5, 5.41) is 9.27. The highest BCUT2D eigenvalue weighted by Crippen LogP contribution is 2.37. The summed E-state index contributed by atoms with van der Waals surface area (Å²) in [4.78, 5) is 13.7. The van der Waals surface area contributed by atoms with Crippen molar-refractivity contribution in [1.82, 2.24) is 4.90 Å². The fraction of sp³-hybridized carbons (Fsp3) is 0.359. The van der Waals surface area contributed by atoms with Crippen LogP contribution in [0.15, 0.2) is 91.0 Å². The SMILES string of the molecule is CCCc1ccc2c(c1)CCc1cc(CCc3ccccc3)ccc1C2N(C)CCOc1ccc(CC(OC)C(=O)O)cc1. The van der Waals surface area contributed by atoms with Crippen LogP contribution in [0.4, 0.5) is 0 Å². The molecule has 0 saturated heterocycles. The highest BCUT2D eigenvalue weighted by molar-refractivity contribution is 5.72. The lowest BCUT2D eigenvalue weighted by molar-refractivity contribution is -0.148. The summed E-state index contributed by atoms with van der Waals surface area (Å²) in [6.07, 6.45) is 5.94. The van der Waals surface area contributed by atoms with Crippen LogP contribution in [-0.2, 0) is 48.1 Å². The molecule has 5 rings (SSSR count). The van der Waals surface area contributed by atoms with Crippen LogP contribution in [0.5, 0.6) is 5.75 Å². The van der Waals surface area contributed by atoms with Crippen molar-refractivity contribution in [3.63, 3.8) is 0 Å². The van der Waals surface area contributed by atoms with E-state index >= 15 is 0 Å². The van der Waals surface area contributed by atoms with Gasteiger partial charge in [-0.2, -0.15) is 0 Å². The van der Waals surface area contributed by atoms with E-state index in [-0.39, 0.29) is 6.04 Å². The molecule has 0 spiro atoms. The average Bonchev–Trinajstić information content (AvgIpc) is 3.20. The molecule has 4 aromatic rings. The summed E-state index contributed by atoms with van der Waals surface area (Å²) >= 11 is 0. The normalized spacial score (nSPS) is 14.9. The number of carbonyl (C=O) groups is 1. The number of hydrogen-bond donors (Lipinski definition) is 1. The quantitative estimate of drug-likeness (QED) is 0.167. The molecule has 0 fully saturated rings. The minimum Gasteiger partial charge on any atom is -0.492 e. The minimum atomic E-state index is -0.956. The second-order valence-electron chi connectivity index (χ2n) is 11.9. The first-order chi connectivity index (χ1) is 21.4. The zero-order valence-electron chi connectivity index (χ0n) is 26.3. The van der Waals surface area contributed by atoms with E-state index < -0.39 is 12.1 Å². The second kappa shape index (κ2) is 15.2. The Morgan fingerprint density at radius 1 is 0.818 bits per heavy atom. The minimum absolute atomic E-state index is 0.161. The molecular formula is C39H45NO4. The van der Waals surface area contributed by atoms with Gasteiger partial charge >= 0.3 is 5.97 Å². The first-order valence-electron chi connectivity index (χ1n) is 15.9. The fourth-order valence-electron chi connectivity index (χ4n) is 6.37. The summed E-state index contributed by atoms with van der Waals surface area (Å²) in [6, 6.07) is 32.8. The molecule has 4 aromatic carbocycles. The molecule has 1 aliphatic carbocycles. The van der Waals surface area contributed by atoms with Crippen LogP contribution < -0.4 is 4.74 Å². The molecule has 0 saturated carbocycles. The summed E-state index contributed by atoms with van der Waals surface area (Å²) in [7, 11) is 3.63. The van der Waals surface area contributed by atoms with Crippen molar-refractivity contribution in [2.75, 3.05) is 27.3 Å². The van der Waals surface area contributed by atoms with E-state index in [0.29, 0.717) is 13.0 Å². The molecule has 0 amide bonds. The predicted molar refractivity (Wildman–Crippen MR) is 177 cm³/mol. The van der Waals surface area contributed by atoms with Crippen LogP contribution >= 0.6 is 0 Å². The molecule has 5 heteroatoms. The van der Waals surface area contributed by atoms with Gasteiger partial charge in [0, 0.05) is 20.1 Å².